The molecule has 90 valence electrons. The van der Waals surface area contributed by atoms with Crippen molar-refractivity contribution in [2.45, 2.75) is 26.7 Å². The highest BCUT2D eigenvalue weighted by Gasteiger charge is 2.07. The van der Waals surface area contributed by atoms with Gasteiger partial charge in [0, 0.05) is 6.42 Å². The Morgan fingerprint density at radius 1 is 1.29 bits per heavy atom. The fourth-order valence-electron chi connectivity index (χ4n) is 1.65. The van der Waals surface area contributed by atoms with Gasteiger partial charge in [0.05, 0.1) is 5.69 Å². The Morgan fingerprint density at radius 3 is 2.65 bits per heavy atom. The molecule has 1 heterocycles. The highest BCUT2D eigenvalue weighted by Crippen LogP contribution is 2.06. The number of nitrogens with zero attached hydrogens (tertiary/aromatic N) is 2. The SMILES string of the molecule is CC(C)CCc1nn(-c2ccccc2)c(=O)[nH]1. The number of aromatic nitrogens is 3. The minimum absolute atomic E-state index is 0.171. The maximum atomic E-state index is 11.7. The van der Waals surface area contributed by atoms with E-state index in [0.29, 0.717) is 5.92 Å². The van der Waals surface area contributed by atoms with Crippen molar-refractivity contribution in [1.82, 2.24) is 14.8 Å². The fraction of sp³-hybridized carbons (Fsp3) is 0.385. The van der Waals surface area contributed by atoms with Crippen molar-refractivity contribution in [3.8, 4) is 5.69 Å². The lowest BCUT2D eigenvalue weighted by Crippen LogP contribution is -2.15. The number of H-pyrrole nitrogens is 1. The molecule has 0 amide bonds. The minimum Gasteiger partial charge on any atom is -0.292 e. The number of hydrogen-bond acceptors (Lipinski definition) is 2. The van der Waals surface area contributed by atoms with Crippen LogP contribution < -0.4 is 5.69 Å². The van der Waals surface area contributed by atoms with Crippen LogP contribution in [0.4, 0.5) is 0 Å². The number of hydrogen-bond donors (Lipinski definition) is 1. The summed E-state index contributed by atoms with van der Waals surface area (Å²) in [6.45, 7) is 4.32. The number of aromatic amines is 1. The topological polar surface area (TPSA) is 50.7 Å². The van der Waals surface area contributed by atoms with Gasteiger partial charge in [-0.2, -0.15) is 9.78 Å². The van der Waals surface area contributed by atoms with E-state index in [1.807, 2.05) is 30.3 Å². The summed E-state index contributed by atoms with van der Waals surface area (Å²) in [5, 5.41) is 4.30. The molecule has 1 N–H and O–H groups in total. The van der Waals surface area contributed by atoms with Gasteiger partial charge in [-0.15, -0.1) is 0 Å². The third kappa shape index (κ3) is 2.84. The van der Waals surface area contributed by atoms with Gasteiger partial charge < -0.3 is 0 Å². The predicted molar refractivity (Wildman–Crippen MR) is 67.3 cm³/mol. The Balaban J connectivity index is 2.23. The monoisotopic (exact) mass is 231 g/mol. The number of para-hydroxylation sites is 1. The van der Waals surface area contributed by atoms with E-state index in [-0.39, 0.29) is 5.69 Å². The van der Waals surface area contributed by atoms with E-state index in [1.165, 1.54) is 4.68 Å². The van der Waals surface area contributed by atoms with Crippen LogP contribution in [-0.4, -0.2) is 14.8 Å². The van der Waals surface area contributed by atoms with Crippen LogP contribution >= 0.6 is 0 Å². The second-order valence-corrected chi connectivity index (χ2v) is 4.56. The van der Waals surface area contributed by atoms with Crippen LogP contribution in [0.1, 0.15) is 26.1 Å². The largest absolute Gasteiger partial charge is 0.348 e. The number of rotatable bonds is 4. The Labute approximate surface area is 100 Å². The molecule has 4 nitrogen and oxygen atoms in total. The van der Waals surface area contributed by atoms with Crippen molar-refractivity contribution in [2.75, 3.05) is 0 Å². The van der Waals surface area contributed by atoms with Crippen LogP contribution in [0.2, 0.25) is 0 Å². The van der Waals surface area contributed by atoms with Gasteiger partial charge in [-0.3, -0.25) is 4.98 Å². The van der Waals surface area contributed by atoms with E-state index in [2.05, 4.69) is 23.9 Å². The lowest BCUT2D eigenvalue weighted by Gasteiger charge is -2.00. The maximum absolute atomic E-state index is 11.7. The van der Waals surface area contributed by atoms with Gasteiger partial charge in [0.2, 0.25) is 0 Å². The highest BCUT2D eigenvalue weighted by atomic mass is 16.1. The first-order valence-electron chi connectivity index (χ1n) is 5.90. The molecule has 2 rings (SSSR count). The van der Waals surface area contributed by atoms with Gasteiger partial charge in [-0.05, 0) is 24.5 Å². The van der Waals surface area contributed by atoms with Gasteiger partial charge in [0.1, 0.15) is 5.82 Å². The zero-order chi connectivity index (χ0) is 12.3. The smallest absolute Gasteiger partial charge is 0.292 e. The summed E-state index contributed by atoms with van der Waals surface area (Å²) in [6, 6.07) is 9.44. The Kier molecular flexibility index (Phi) is 3.42. The molecule has 0 atom stereocenters. The first-order valence-corrected chi connectivity index (χ1v) is 5.90. The quantitative estimate of drug-likeness (QED) is 0.876. The summed E-state index contributed by atoms with van der Waals surface area (Å²) in [5.41, 5.74) is 0.625. The summed E-state index contributed by atoms with van der Waals surface area (Å²) < 4.78 is 1.41. The molecule has 17 heavy (non-hydrogen) atoms. The Hall–Kier alpha value is -1.84. The number of aryl methyl sites for hydroxylation is 1. The van der Waals surface area contributed by atoms with Crippen LogP contribution in [0.3, 0.4) is 0 Å². The molecule has 0 bridgehead atoms. The molecular weight excluding hydrogens is 214 g/mol. The van der Waals surface area contributed by atoms with E-state index in [4.69, 9.17) is 0 Å². The zero-order valence-electron chi connectivity index (χ0n) is 10.2. The van der Waals surface area contributed by atoms with Crippen molar-refractivity contribution in [3.63, 3.8) is 0 Å². The average Bonchev–Trinajstić information content (AvgIpc) is 2.69. The molecule has 1 aromatic carbocycles. The first kappa shape index (κ1) is 11.6. The minimum atomic E-state index is -0.171. The summed E-state index contributed by atoms with van der Waals surface area (Å²) in [5.74, 6) is 1.37. The molecule has 0 spiro atoms. The molecule has 0 aliphatic rings. The Bertz CT molecular complexity index is 525. The molecule has 0 radical (unpaired) electrons. The van der Waals surface area contributed by atoms with E-state index < -0.39 is 0 Å². The number of benzene rings is 1. The van der Waals surface area contributed by atoms with E-state index >= 15 is 0 Å². The van der Waals surface area contributed by atoms with Crippen LogP contribution in [0.25, 0.3) is 5.69 Å². The molecule has 0 aliphatic carbocycles. The number of nitrogens with one attached hydrogen (secondary N) is 1. The zero-order valence-corrected chi connectivity index (χ0v) is 10.2. The van der Waals surface area contributed by atoms with Crippen LogP contribution in [-0.2, 0) is 6.42 Å². The fourth-order valence-corrected chi connectivity index (χ4v) is 1.65. The molecule has 0 saturated carbocycles. The predicted octanol–water partition coefficient (Wildman–Crippen LogP) is 2.15. The van der Waals surface area contributed by atoms with Gasteiger partial charge in [0.15, 0.2) is 0 Å². The van der Waals surface area contributed by atoms with Gasteiger partial charge in [-0.25, -0.2) is 4.79 Å². The molecule has 0 fully saturated rings. The lowest BCUT2D eigenvalue weighted by molar-refractivity contribution is 0.574. The van der Waals surface area contributed by atoms with Crippen molar-refractivity contribution < 1.29 is 0 Å². The molecule has 4 heteroatoms. The first-order chi connectivity index (χ1) is 8.16. The van der Waals surface area contributed by atoms with E-state index in [9.17, 15) is 4.79 Å². The van der Waals surface area contributed by atoms with Gasteiger partial charge >= 0.3 is 5.69 Å². The summed E-state index contributed by atoms with van der Waals surface area (Å²) in [7, 11) is 0. The summed E-state index contributed by atoms with van der Waals surface area (Å²) >= 11 is 0. The normalized spacial score (nSPS) is 11.0. The van der Waals surface area contributed by atoms with Crippen molar-refractivity contribution in [2.24, 2.45) is 5.92 Å². The van der Waals surface area contributed by atoms with Gasteiger partial charge in [-0.1, -0.05) is 32.0 Å². The average molecular weight is 231 g/mol. The van der Waals surface area contributed by atoms with Crippen molar-refractivity contribution in [1.29, 1.82) is 0 Å². The second-order valence-electron chi connectivity index (χ2n) is 4.56. The Morgan fingerprint density at radius 2 is 2.00 bits per heavy atom. The molecule has 1 aromatic heterocycles. The van der Waals surface area contributed by atoms with Crippen molar-refractivity contribution in [3.05, 3.63) is 46.6 Å². The second kappa shape index (κ2) is 4.99. The third-order valence-electron chi connectivity index (χ3n) is 2.62. The summed E-state index contributed by atoms with van der Waals surface area (Å²) in [6.07, 6.45) is 1.84. The summed E-state index contributed by atoms with van der Waals surface area (Å²) in [4.78, 5) is 14.5. The van der Waals surface area contributed by atoms with Crippen LogP contribution in [0, 0.1) is 5.92 Å². The third-order valence-corrected chi connectivity index (χ3v) is 2.62. The molecule has 0 aliphatic heterocycles. The van der Waals surface area contributed by atoms with E-state index in [1.54, 1.807) is 0 Å². The maximum Gasteiger partial charge on any atom is 0.348 e. The lowest BCUT2D eigenvalue weighted by atomic mass is 10.1. The molecular formula is C13H17N3O. The van der Waals surface area contributed by atoms with Crippen LogP contribution in [0.15, 0.2) is 35.1 Å². The van der Waals surface area contributed by atoms with Crippen LogP contribution in [0.5, 0.6) is 0 Å². The standard InChI is InChI=1S/C13H17N3O/c1-10(2)8-9-12-14-13(17)16(15-12)11-6-4-3-5-7-11/h3-7,10H,8-9H2,1-2H3,(H,14,15,17). The highest BCUT2D eigenvalue weighted by molar-refractivity contribution is 5.29. The molecule has 0 unspecified atom stereocenters. The molecule has 0 saturated heterocycles. The van der Waals surface area contributed by atoms with Crippen molar-refractivity contribution >= 4 is 0 Å². The van der Waals surface area contributed by atoms with E-state index in [0.717, 1.165) is 24.4 Å². The molecule has 2 aromatic rings. The van der Waals surface area contributed by atoms with Gasteiger partial charge in [0.25, 0.3) is 0 Å².